The molecule has 1 heterocycles. The highest BCUT2D eigenvalue weighted by molar-refractivity contribution is 5.36. The number of aliphatic hydroxyl groups is 1. The third kappa shape index (κ3) is 2.48. The Morgan fingerprint density at radius 2 is 1.87 bits per heavy atom. The normalized spacial score (nSPS) is 10.5. The van der Waals surface area contributed by atoms with Crippen LogP contribution in [-0.2, 0) is 6.42 Å². The molecule has 0 aliphatic rings. The average Bonchev–Trinajstić information content (AvgIpc) is 2.80. The van der Waals surface area contributed by atoms with Crippen LogP contribution >= 0.6 is 0 Å². The number of aromatic nitrogens is 1. The third-order valence-electron chi connectivity index (χ3n) is 2.44. The molecule has 0 saturated heterocycles. The molecule has 0 aliphatic carbocycles. The minimum Gasteiger partial charge on any atom is -0.396 e. The lowest BCUT2D eigenvalue weighted by atomic mass is 10.1. The Labute approximate surface area is 89.8 Å². The van der Waals surface area contributed by atoms with Gasteiger partial charge in [-0.25, -0.2) is 0 Å². The van der Waals surface area contributed by atoms with Gasteiger partial charge in [0.2, 0.25) is 0 Å². The van der Waals surface area contributed by atoms with E-state index in [1.165, 1.54) is 11.3 Å². The highest BCUT2D eigenvalue weighted by Crippen LogP contribution is 2.12. The van der Waals surface area contributed by atoms with Gasteiger partial charge in [-0.05, 0) is 42.7 Å². The Balaban J connectivity index is 2.19. The zero-order valence-corrected chi connectivity index (χ0v) is 8.63. The predicted molar refractivity (Wildman–Crippen MR) is 61.2 cm³/mol. The zero-order chi connectivity index (χ0) is 10.5. The summed E-state index contributed by atoms with van der Waals surface area (Å²) in [6, 6.07) is 12.4. The summed E-state index contributed by atoms with van der Waals surface area (Å²) in [5.41, 5.74) is 2.45. The fourth-order valence-corrected chi connectivity index (χ4v) is 1.66. The third-order valence-corrected chi connectivity index (χ3v) is 2.44. The molecule has 1 N–H and O–H groups in total. The van der Waals surface area contributed by atoms with Gasteiger partial charge >= 0.3 is 0 Å². The van der Waals surface area contributed by atoms with Gasteiger partial charge in [0.25, 0.3) is 0 Å². The van der Waals surface area contributed by atoms with E-state index in [4.69, 9.17) is 5.11 Å². The number of hydrogen-bond donors (Lipinski definition) is 1. The van der Waals surface area contributed by atoms with E-state index in [1.54, 1.807) is 0 Å². The molecular formula is C13H15NO. The lowest BCUT2D eigenvalue weighted by molar-refractivity contribution is 0.288. The molecule has 0 amide bonds. The Bertz CT molecular complexity index is 406. The molecule has 2 rings (SSSR count). The van der Waals surface area contributed by atoms with Crippen molar-refractivity contribution < 1.29 is 5.11 Å². The smallest absolute Gasteiger partial charge is 0.0452 e. The van der Waals surface area contributed by atoms with E-state index in [-0.39, 0.29) is 6.61 Å². The van der Waals surface area contributed by atoms with Crippen LogP contribution in [-0.4, -0.2) is 16.3 Å². The first-order chi connectivity index (χ1) is 7.40. The van der Waals surface area contributed by atoms with Crippen LogP contribution in [0.25, 0.3) is 5.69 Å². The number of benzene rings is 1. The first-order valence-corrected chi connectivity index (χ1v) is 5.23. The Kier molecular flexibility index (Phi) is 3.20. The topological polar surface area (TPSA) is 25.2 Å². The van der Waals surface area contributed by atoms with E-state index in [1.807, 2.05) is 24.5 Å². The molecule has 0 radical (unpaired) electrons. The van der Waals surface area contributed by atoms with Crippen LogP contribution in [0.3, 0.4) is 0 Å². The van der Waals surface area contributed by atoms with Gasteiger partial charge in [0.05, 0.1) is 0 Å². The summed E-state index contributed by atoms with van der Waals surface area (Å²) in [5.74, 6) is 0. The molecule has 0 bridgehead atoms. The van der Waals surface area contributed by atoms with Crippen LogP contribution < -0.4 is 0 Å². The molecule has 1 aromatic carbocycles. The molecule has 0 saturated carbocycles. The summed E-state index contributed by atoms with van der Waals surface area (Å²) < 4.78 is 2.09. The summed E-state index contributed by atoms with van der Waals surface area (Å²) in [5, 5.41) is 8.78. The second-order valence-corrected chi connectivity index (χ2v) is 3.59. The van der Waals surface area contributed by atoms with Crippen molar-refractivity contribution in [3.05, 3.63) is 54.4 Å². The van der Waals surface area contributed by atoms with Crippen LogP contribution in [0.1, 0.15) is 12.0 Å². The molecule has 2 heteroatoms. The molecule has 0 atom stereocenters. The van der Waals surface area contributed by atoms with Gasteiger partial charge in [-0.1, -0.05) is 12.1 Å². The van der Waals surface area contributed by atoms with E-state index in [0.29, 0.717) is 0 Å². The molecular weight excluding hydrogens is 186 g/mol. The number of aryl methyl sites for hydroxylation is 1. The van der Waals surface area contributed by atoms with Crippen molar-refractivity contribution in [2.75, 3.05) is 6.61 Å². The van der Waals surface area contributed by atoms with Gasteiger partial charge in [-0.3, -0.25) is 0 Å². The number of nitrogens with zero attached hydrogens (tertiary/aromatic N) is 1. The van der Waals surface area contributed by atoms with E-state index in [0.717, 1.165) is 12.8 Å². The summed E-state index contributed by atoms with van der Waals surface area (Å²) in [6.45, 7) is 0.258. The highest BCUT2D eigenvalue weighted by atomic mass is 16.2. The summed E-state index contributed by atoms with van der Waals surface area (Å²) >= 11 is 0. The van der Waals surface area contributed by atoms with Crippen LogP contribution in [0, 0.1) is 0 Å². The average molecular weight is 201 g/mol. The standard InChI is InChI=1S/C13H15NO/c15-10-4-6-12-5-3-7-13(11-12)14-8-1-2-9-14/h1-3,5,7-9,11,15H,4,6,10H2. The van der Waals surface area contributed by atoms with Gasteiger partial charge in [-0.15, -0.1) is 0 Å². The van der Waals surface area contributed by atoms with Crippen molar-refractivity contribution in [3.8, 4) is 5.69 Å². The van der Waals surface area contributed by atoms with Crippen molar-refractivity contribution in [1.82, 2.24) is 4.57 Å². The Hall–Kier alpha value is -1.54. The zero-order valence-electron chi connectivity index (χ0n) is 8.63. The van der Waals surface area contributed by atoms with Crippen LogP contribution in [0.15, 0.2) is 48.8 Å². The molecule has 0 fully saturated rings. The maximum Gasteiger partial charge on any atom is 0.0452 e. The largest absolute Gasteiger partial charge is 0.396 e. The highest BCUT2D eigenvalue weighted by Gasteiger charge is 1.97. The summed E-state index contributed by atoms with van der Waals surface area (Å²) in [4.78, 5) is 0. The van der Waals surface area contributed by atoms with E-state index in [9.17, 15) is 0 Å². The van der Waals surface area contributed by atoms with Crippen LogP contribution in [0.5, 0.6) is 0 Å². The minimum atomic E-state index is 0.258. The molecule has 0 spiro atoms. The van der Waals surface area contributed by atoms with E-state index in [2.05, 4.69) is 28.8 Å². The first-order valence-electron chi connectivity index (χ1n) is 5.23. The van der Waals surface area contributed by atoms with Crippen molar-refractivity contribution in [2.45, 2.75) is 12.8 Å². The second kappa shape index (κ2) is 4.80. The van der Waals surface area contributed by atoms with E-state index < -0.39 is 0 Å². The molecule has 1 aromatic heterocycles. The van der Waals surface area contributed by atoms with Crippen LogP contribution in [0.2, 0.25) is 0 Å². The molecule has 0 unspecified atom stereocenters. The second-order valence-electron chi connectivity index (χ2n) is 3.59. The lowest BCUT2D eigenvalue weighted by Crippen LogP contribution is -1.93. The van der Waals surface area contributed by atoms with Crippen molar-refractivity contribution in [1.29, 1.82) is 0 Å². The van der Waals surface area contributed by atoms with Crippen molar-refractivity contribution >= 4 is 0 Å². The quantitative estimate of drug-likeness (QED) is 0.807. The lowest BCUT2D eigenvalue weighted by Gasteiger charge is -2.05. The van der Waals surface area contributed by atoms with Gasteiger partial charge in [0, 0.05) is 24.7 Å². The molecule has 2 nitrogen and oxygen atoms in total. The van der Waals surface area contributed by atoms with Crippen molar-refractivity contribution in [2.24, 2.45) is 0 Å². The molecule has 78 valence electrons. The maximum absolute atomic E-state index is 8.78. The van der Waals surface area contributed by atoms with Gasteiger partial charge in [0.1, 0.15) is 0 Å². The number of rotatable bonds is 4. The summed E-state index contributed by atoms with van der Waals surface area (Å²) in [6.07, 6.45) is 5.83. The van der Waals surface area contributed by atoms with Gasteiger partial charge < -0.3 is 9.67 Å². The molecule has 2 aromatic rings. The SMILES string of the molecule is OCCCc1cccc(-n2cccc2)c1. The minimum absolute atomic E-state index is 0.258. The molecule has 0 aliphatic heterocycles. The van der Waals surface area contributed by atoms with Crippen molar-refractivity contribution in [3.63, 3.8) is 0 Å². The molecule has 15 heavy (non-hydrogen) atoms. The number of aliphatic hydroxyl groups excluding tert-OH is 1. The Morgan fingerprint density at radius 3 is 2.60 bits per heavy atom. The predicted octanol–water partition coefficient (Wildman–Crippen LogP) is 2.40. The number of hydrogen-bond acceptors (Lipinski definition) is 1. The summed E-state index contributed by atoms with van der Waals surface area (Å²) in [7, 11) is 0. The van der Waals surface area contributed by atoms with Gasteiger partial charge in [-0.2, -0.15) is 0 Å². The maximum atomic E-state index is 8.78. The van der Waals surface area contributed by atoms with E-state index >= 15 is 0 Å². The van der Waals surface area contributed by atoms with Crippen LogP contribution in [0.4, 0.5) is 0 Å². The Morgan fingerprint density at radius 1 is 1.07 bits per heavy atom. The first kappa shape index (κ1) is 9.99. The van der Waals surface area contributed by atoms with Gasteiger partial charge in [0.15, 0.2) is 0 Å². The fourth-order valence-electron chi connectivity index (χ4n) is 1.66. The fraction of sp³-hybridized carbons (Fsp3) is 0.231. The monoisotopic (exact) mass is 201 g/mol.